The number of alkyl halides is 3. The molecule has 0 amide bonds. The molecule has 3 heterocycles. The average molecular weight is 587 g/mol. The Morgan fingerprint density at radius 3 is 2.35 bits per heavy atom. The van der Waals surface area contributed by atoms with Crippen molar-refractivity contribution in [3.8, 4) is 17.8 Å². The van der Waals surface area contributed by atoms with E-state index >= 15 is 0 Å². The summed E-state index contributed by atoms with van der Waals surface area (Å²) in [5.74, 6) is 0.339. The molecule has 0 atom stereocenters. The number of rotatable bonds is 6. The van der Waals surface area contributed by atoms with Crippen LogP contribution in [0.3, 0.4) is 0 Å². The molecule has 216 valence electrons. The summed E-state index contributed by atoms with van der Waals surface area (Å²) < 4.78 is 60.3. The molecule has 1 aliphatic heterocycles. The van der Waals surface area contributed by atoms with Gasteiger partial charge in [-0.2, -0.15) is 33.4 Å². The number of benzene rings is 3. The Hall–Kier alpha value is -5.51. The molecule has 9 nitrogen and oxygen atoms in total. The van der Waals surface area contributed by atoms with Crippen molar-refractivity contribution < 1.29 is 22.3 Å². The highest BCUT2D eigenvalue weighted by molar-refractivity contribution is 5.84. The zero-order valence-electron chi connectivity index (χ0n) is 22.4. The second-order valence-electron chi connectivity index (χ2n) is 9.62. The predicted octanol–water partition coefficient (Wildman–Crippen LogP) is 6.31. The van der Waals surface area contributed by atoms with Gasteiger partial charge in [0.05, 0.1) is 22.7 Å². The molecule has 43 heavy (non-hydrogen) atoms. The minimum atomic E-state index is -4.73. The van der Waals surface area contributed by atoms with Crippen molar-refractivity contribution in [3.05, 3.63) is 95.9 Å². The number of nitrogens with one attached hydrogen (secondary N) is 1. The number of pyridine rings is 1. The Balaban J connectivity index is 1.32. The third-order valence-electron chi connectivity index (χ3n) is 6.87. The lowest BCUT2D eigenvalue weighted by molar-refractivity contribution is -0.137. The average Bonchev–Trinajstić information content (AvgIpc) is 3.01. The lowest BCUT2D eigenvalue weighted by Gasteiger charge is -2.36. The number of ether oxygens (including phenoxy) is 1. The Labute approximate surface area is 243 Å². The molecular formula is C30H22F4N8O. The number of hydrogen-bond acceptors (Lipinski definition) is 9. The van der Waals surface area contributed by atoms with Gasteiger partial charge in [-0.15, -0.1) is 0 Å². The van der Waals surface area contributed by atoms with Crippen LogP contribution in [0.1, 0.15) is 11.1 Å². The Kier molecular flexibility index (Phi) is 7.33. The first-order chi connectivity index (χ1) is 20.8. The maximum Gasteiger partial charge on any atom is 0.417 e. The zero-order valence-corrected chi connectivity index (χ0v) is 22.4. The van der Waals surface area contributed by atoms with E-state index in [1.165, 1.54) is 18.2 Å². The maximum absolute atomic E-state index is 13.6. The summed E-state index contributed by atoms with van der Waals surface area (Å²) in [4.78, 5) is 21.7. The molecule has 1 aliphatic rings. The van der Waals surface area contributed by atoms with E-state index in [1.807, 2.05) is 29.2 Å². The fourth-order valence-electron chi connectivity index (χ4n) is 4.75. The predicted molar refractivity (Wildman–Crippen MR) is 152 cm³/mol. The summed E-state index contributed by atoms with van der Waals surface area (Å²) in [5.41, 5.74) is 0.0357. The van der Waals surface area contributed by atoms with Gasteiger partial charge in [-0.05, 0) is 60.7 Å². The van der Waals surface area contributed by atoms with Crippen LogP contribution in [-0.4, -0.2) is 46.1 Å². The Bertz CT molecular complexity index is 1810. The number of piperazine rings is 1. The van der Waals surface area contributed by atoms with Gasteiger partial charge in [0, 0.05) is 49.1 Å². The second kappa shape index (κ2) is 11.4. The van der Waals surface area contributed by atoms with Crippen molar-refractivity contribution in [2.24, 2.45) is 0 Å². The molecule has 1 fully saturated rings. The lowest BCUT2D eigenvalue weighted by Crippen LogP contribution is -2.47. The van der Waals surface area contributed by atoms with Crippen LogP contribution in [-0.2, 0) is 6.18 Å². The third kappa shape index (κ3) is 6.08. The lowest BCUT2D eigenvalue weighted by atomic mass is 10.1. The monoisotopic (exact) mass is 586 g/mol. The smallest absolute Gasteiger partial charge is 0.417 e. The summed E-state index contributed by atoms with van der Waals surface area (Å²) >= 11 is 0. The Morgan fingerprint density at radius 2 is 1.60 bits per heavy atom. The minimum Gasteiger partial charge on any atom is -0.423 e. The largest absolute Gasteiger partial charge is 0.423 e. The molecule has 5 aromatic rings. The van der Waals surface area contributed by atoms with Gasteiger partial charge in [-0.1, -0.05) is 12.1 Å². The third-order valence-corrected chi connectivity index (χ3v) is 6.87. The quantitative estimate of drug-likeness (QED) is 0.229. The van der Waals surface area contributed by atoms with Gasteiger partial charge >= 0.3 is 12.2 Å². The topological polar surface area (TPSA) is 103 Å². The van der Waals surface area contributed by atoms with Crippen LogP contribution in [0.5, 0.6) is 11.8 Å². The number of fused-ring (bicyclic) bond motifs is 1. The van der Waals surface area contributed by atoms with E-state index in [1.54, 1.807) is 30.5 Å². The summed E-state index contributed by atoms with van der Waals surface area (Å²) in [7, 11) is 0. The van der Waals surface area contributed by atoms with Gasteiger partial charge in [0.1, 0.15) is 11.6 Å². The van der Waals surface area contributed by atoms with Crippen molar-refractivity contribution in [2.75, 3.05) is 41.3 Å². The van der Waals surface area contributed by atoms with Crippen molar-refractivity contribution in [2.45, 2.75) is 6.18 Å². The number of halogens is 4. The van der Waals surface area contributed by atoms with E-state index in [4.69, 9.17) is 10.00 Å². The second-order valence-corrected chi connectivity index (χ2v) is 9.62. The van der Waals surface area contributed by atoms with Gasteiger partial charge in [-0.3, -0.25) is 4.98 Å². The van der Waals surface area contributed by atoms with E-state index in [9.17, 15) is 17.6 Å². The molecule has 2 aromatic heterocycles. The highest BCUT2D eigenvalue weighted by Crippen LogP contribution is 2.35. The molecule has 0 unspecified atom stereocenters. The van der Waals surface area contributed by atoms with Crippen LogP contribution >= 0.6 is 0 Å². The van der Waals surface area contributed by atoms with E-state index in [2.05, 4.69) is 30.2 Å². The fourth-order valence-corrected chi connectivity index (χ4v) is 4.75. The summed E-state index contributed by atoms with van der Waals surface area (Å²) in [5, 5.41) is 12.7. The molecule has 0 bridgehead atoms. The van der Waals surface area contributed by atoms with Crippen LogP contribution in [0.15, 0.2) is 79.0 Å². The number of nitriles is 1. The maximum atomic E-state index is 13.6. The van der Waals surface area contributed by atoms with E-state index in [-0.39, 0.29) is 29.4 Å². The normalized spacial score (nSPS) is 13.6. The number of anilines is 4. The molecule has 0 aliphatic carbocycles. The molecular weight excluding hydrogens is 564 g/mol. The van der Waals surface area contributed by atoms with Gasteiger partial charge in [0.15, 0.2) is 0 Å². The standard InChI is InChI=1S/C30H22F4N8O/c31-20-6-9-22(10-7-20)41-13-15-42(16-14-41)28-38-27(37-21-8-5-19(18-35)24(17-21)30(32,33)34)39-29(40-28)43-26-11-12-36-25-4-2-1-3-23(25)26/h1-12,17H,13-16H2,(H,37,38,39,40). The summed E-state index contributed by atoms with van der Waals surface area (Å²) in [6, 6.07) is 20.0. The number of para-hydroxylation sites is 1. The number of aromatic nitrogens is 4. The van der Waals surface area contributed by atoms with E-state index in [0.29, 0.717) is 37.4 Å². The number of hydrogen-bond donors (Lipinski definition) is 1. The van der Waals surface area contributed by atoms with Crippen LogP contribution in [0.2, 0.25) is 0 Å². The van der Waals surface area contributed by atoms with Gasteiger partial charge < -0.3 is 19.9 Å². The van der Waals surface area contributed by atoms with Crippen molar-refractivity contribution in [1.29, 1.82) is 5.26 Å². The molecule has 6 rings (SSSR count). The van der Waals surface area contributed by atoms with Crippen LogP contribution in [0.25, 0.3) is 10.9 Å². The number of nitrogens with zero attached hydrogens (tertiary/aromatic N) is 7. The van der Waals surface area contributed by atoms with E-state index in [0.717, 1.165) is 23.2 Å². The minimum absolute atomic E-state index is 0.0323. The molecule has 0 spiro atoms. The first kappa shape index (κ1) is 27.6. The molecule has 0 radical (unpaired) electrons. The van der Waals surface area contributed by atoms with Gasteiger partial charge in [0.25, 0.3) is 0 Å². The molecule has 13 heteroatoms. The molecule has 3 aromatic carbocycles. The SMILES string of the molecule is N#Cc1ccc(Nc2nc(Oc3ccnc4ccccc34)nc(N3CCN(c4ccc(F)cc4)CC3)n2)cc1C(F)(F)F. The van der Waals surface area contributed by atoms with Crippen LogP contribution in [0.4, 0.5) is 40.8 Å². The zero-order chi connectivity index (χ0) is 30.0. The van der Waals surface area contributed by atoms with Crippen LogP contribution in [0, 0.1) is 17.1 Å². The van der Waals surface area contributed by atoms with Gasteiger partial charge in [0.2, 0.25) is 11.9 Å². The molecule has 1 saturated heterocycles. The summed E-state index contributed by atoms with van der Waals surface area (Å²) in [6.07, 6.45) is -3.14. The van der Waals surface area contributed by atoms with Crippen molar-refractivity contribution in [1.82, 2.24) is 19.9 Å². The molecule has 0 saturated carbocycles. The first-order valence-corrected chi connectivity index (χ1v) is 13.2. The van der Waals surface area contributed by atoms with Crippen molar-refractivity contribution >= 4 is 34.2 Å². The highest BCUT2D eigenvalue weighted by Gasteiger charge is 2.34. The molecule has 1 N–H and O–H groups in total. The van der Waals surface area contributed by atoms with Crippen LogP contribution < -0.4 is 19.9 Å². The van der Waals surface area contributed by atoms with Gasteiger partial charge in [-0.25, -0.2) is 4.39 Å². The van der Waals surface area contributed by atoms with Crippen molar-refractivity contribution in [3.63, 3.8) is 0 Å². The van der Waals surface area contributed by atoms with E-state index < -0.39 is 17.3 Å². The first-order valence-electron chi connectivity index (χ1n) is 13.2. The Morgan fingerprint density at radius 1 is 0.860 bits per heavy atom. The highest BCUT2D eigenvalue weighted by atomic mass is 19.4. The fraction of sp³-hybridized carbons (Fsp3) is 0.167. The summed E-state index contributed by atoms with van der Waals surface area (Å²) in [6.45, 7) is 2.20.